The van der Waals surface area contributed by atoms with Crippen LogP contribution in [0.1, 0.15) is 33.3 Å². The molecule has 1 atom stereocenters. The Morgan fingerprint density at radius 3 is 2.04 bits per heavy atom. The zero-order chi connectivity index (χ0) is 17.8. The fraction of sp³-hybridized carbons (Fsp3) is 0.556. The highest BCUT2D eigenvalue weighted by atomic mass is 16.2. The average molecular weight is 319 g/mol. The van der Waals surface area contributed by atoms with Crippen molar-refractivity contribution in [1.82, 2.24) is 10.2 Å². The summed E-state index contributed by atoms with van der Waals surface area (Å²) in [5.41, 5.74) is 1.67. The van der Waals surface area contributed by atoms with E-state index in [0.717, 1.165) is 11.3 Å². The Balaban J connectivity index is 2.64. The molecule has 0 aromatic heterocycles. The molecule has 5 nitrogen and oxygen atoms in total. The maximum atomic E-state index is 12.4. The predicted octanol–water partition coefficient (Wildman–Crippen LogP) is 2.26. The molecule has 5 heteroatoms. The third-order valence-corrected chi connectivity index (χ3v) is 3.65. The number of hydrogen-bond donors (Lipinski definition) is 1. The normalized spacial score (nSPS) is 12.5. The molecular formula is C18H29N3O2. The molecule has 1 aromatic rings. The zero-order valence-electron chi connectivity index (χ0n) is 15.3. The third kappa shape index (κ3) is 5.58. The van der Waals surface area contributed by atoms with Crippen LogP contribution >= 0.6 is 0 Å². The summed E-state index contributed by atoms with van der Waals surface area (Å²) in [5, 5.41) is 2.77. The largest absolute Gasteiger partial charge is 0.378 e. The molecule has 0 aliphatic carbocycles. The number of nitrogens with one attached hydrogen (secondary N) is 1. The smallest absolute Gasteiger partial charge is 0.244 e. The maximum Gasteiger partial charge on any atom is 0.244 e. The van der Waals surface area contributed by atoms with Crippen molar-refractivity contribution >= 4 is 17.5 Å². The molecule has 0 saturated heterocycles. The van der Waals surface area contributed by atoms with Crippen LogP contribution in [0.5, 0.6) is 0 Å². The van der Waals surface area contributed by atoms with Crippen LogP contribution in [-0.2, 0) is 16.1 Å². The molecule has 0 saturated carbocycles. The Labute approximate surface area is 139 Å². The third-order valence-electron chi connectivity index (χ3n) is 3.65. The van der Waals surface area contributed by atoms with Gasteiger partial charge in [0, 0.05) is 38.8 Å². The number of benzene rings is 1. The summed E-state index contributed by atoms with van der Waals surface area (Å²) >= 11 is 0. The number of carbonyl (C=O) groups excluding carboxylic acids is 2. The molecule has 128 valence electrons. The molecule has 0 aliphatic heterocycles. The molecule has 1 N–H and O–H groups in total. The van der Waals surface area contributed by atoms with Crippen LogP contribution in [0.2, 0.25) is 0 Å². The van der Waals surface area contributed by atoms with Crippen molar-refractivity contribution in [3.05, 3.63) is 29.8 Å². The summed E-state index contributed by atoms with van der Waals surface area (Å²) in [6.07, 6.45) is 0. The fourth-order valence-corrected chi connectivity index (χ4v) is 2.06. The van der Waals surface area contributed by atoms with E-state index in [1.807, 2.05) is 64.0 Å². The van der Waals surface area contributed by atoms with E-state index in [4.69, 9.17) is 0 Å². The predicted molar refractivity (Wildman–Crippen MR) is 94.3 cm³/mol. The van der Waals surface area contributed by atoms with Crippen LogP contribution in [0, 0.1) is 5.41 Å². The fourth-order valence-electron chi connectivity index (χ4n) is 2.06. The lowest BCUT2D eigenvalue weighted by atomic mass is 9.95. The Hall–Kier alpha value is -2.04. The molecule has 1 aromatic carbocycles. The highest BCUT2D eigenvalue weighted by molar-refractivity contribution is 5.89. The monoisotopic (exact) mass is 319 g/mol. The highest BCUT2D eigenvalue weighted by Gasteiger charge is 2.26. The Bertz CT molecular complexity index is 544. The second kappa shape index (κ2) is 7.49. The van der Waals surface area contributed by atoms with Crippen molar-refractivity contribution in [2.24, 2.45) is 5.41 Å². The van der Waals surface area contributed by atoms with Gasteiger partial charge < -0.3 is 15.1 Å². The minimum Gasteiger partial charge on any atom is -0.378 e. The first-order chi connectivity index (χ1) is 10.5. The van der Waals surface area contributed by atoms with Gasteiger partial charge in [0.25, 0.3) is 0 Å². The average Bonchev–Trinajstić information content (AvgIpc) is 2.45. The summed E-state index contributed by atoms with van der Waals surface area (Å²) < 4.78 is 0. The van der Waals surface area contributed by atoms with Crippen molar-refractivity contribution in [2.75, 3.05) is 26.0 Å². The van der Waals surface area contributed by atoms with E-state index in [9.17, 15) is 9.59 Å². The summed E-state index contributed by atoms with van der Waals surface area (Å²) in [6, 6.07) is 7.54. The lowest BCUT2D eigenvalue weighted by molar-refractivity contribution is -0.137. The number of hydrogen-bond acceptors (Lipinski definition) is 3. The Morgan fingerprint density at radius 1 is 1.09 bits per heavy atom. The van der Waals surface area contributed by atoms with E-state index in [1.54, 1.807) is 18.9 Å². The first kappa shape index (κ1) is 19.0. The minimum atomic E-state index is -0.534. The van der Waals surface area contributed by atoms with Crippen molar-refractivity contribution < 1.29 is 9.59 Å². The zero-order valence-corrected chi connectivity index (χ0v) is 15.3. The Morgan fingerprint density at radius 2 is 1.61 bits per heavy atom. The first-order valence-electron chi connectivity index (χ1n) is 7.84. The van der Waals surface area contributed by atoms with Crippen LogP contribution in [0.3, 0.4) is 0 Å². The molecule has 2 amide bonds. The van der Waals surface area contributed by atoms with Gasteiger partial charge in [-0.25, -0.2) is 0 Å². The standard InChI is InChI=1S/C18H29N3O2/c1-13(19-17(23)18(2,3)4)16(22)21(7)12-14-8-10-15(11-9-14)20(5)6/h8-11,13H,12H2,1-7H3,(H,19,23). The summed E-state index contributed by atoms with van der Waals surface area (Å²) in [4.78, 5) is 28.0. The lowest BCUT2D eigenvalue weighted by Crippen LogP contribution is -2.48. The molecule has 0 bridgehead atoms. The number of anilines is 1. The van der Waals surface area contributed by atoms with Gasteiger partial charge in [-0.05, 0) is 24.6 Å². The van der Waals surface area contributed by atoms with E-state index in [-0.39, 0.29) is 11.8 Å². The van der Waals surface area contributed by atoms with Crippen molar-refractivity contribution in [1.29, 1.82) is 0 Å². The molecule has 0 spiro atoms. The van der Waals surface area contributed by atoms with E-state index in [1.165, 1.54) is 0 Å². The van der Waals surface area contributed by atoms with Gasteiger partial charge in [0.05, 0.1) is 0 Å². The van der Waals surface area contributed by atoms with Gasteiger partial charge in [-0.3, -0.25) is 9.59 Å². The Kier molecular flexibility index (Phi) is 6.19. The number of nitrogens with zero attached hydrogens (tertiary/aromatic N) is 2. The van der Waals surface area contributed by atoms with E-state index in [2.05, 4.69) is 5.32 Å². The second-order valence-electron chi connectivity index (χ2n) is 7.20. The van der Waals surface area contributed by atoms with Gasteiger partial charge >= 0.3 is 0 Å². The molecule has 1 rings (SSSR count). The molecule has 0 heterocycles. The number of likely N-dealkylation sites (N-methyl/N-ethyl adjacent to an activating group) is 1. The first-order valence-corrected chi connectivity index (χ1v) is 7.84. The van der Waals surface area contributed by atoms with Gasteiger partial charge in [-0.15, -0.1) is 0 Å². The van der Waals surface area contributed by atoms with E-state index >= 15 is 0 Å². The van der Waals surface area contributed by atoms with Crippen LogP contribution in [0.15, 0.2) is 24.3 Å². The lowest BCUT2D eigenvalue weighted by Gasteiger charge is -2.25. The number of rotatable bonds is 5. The molecule has 0 aliphatic rings. The van der Waals surface area contributed by atoms with Gasteiger partial charge in [0.15, 0.2) is 0 Å². The van der Waals surface area contributed by atoms with Crippen LogP contribution in [0.25, 0.3) is 0 Å². The minimum absolute atomic E-state index is 0.0979. The highest BCUT2D eigenvalue weighted by Crippen LogP contribution is 2.15. The number of carbonyl (C=O) groups is 2. The van der Waals surface area contributed by atoms with Gasteiger partial charge in [0.1, 0.15) is 6.04 Å². The second-order valence-corrected chi connectivity index (χ2v) is 7.20. The van der Waals surface area contributed by atoms with Crippen molar-refractivity contribution in [2.45, 2.75) is 40.3 Å². The molecule has 0 fully saturated rings. The molecule has 0 radical (unpaired) electrons. The summed E-state index contributed by atoms with van der Waals surface area (Å²) in [6.45, 7) is 7.72. The molecule has 1 unspecified atom stereocenters. The SMILES string of the molecule is CC(NC(=O)C(C)(C)C)C(=O)N(C)Cc1ccc(N(C)C)cc1. The van der Waals surface area contributed by atoms with Crippen molar-refractivity contribution in [3.8, 4) is 0 Å². The quantitative estimate of drug-likeness (QED) is 0.906. The van der Waals surface area contributed by atoms with Crippen LogP contribution in [-0.4, -0.2) is 43.9 Å². The van der Waals surface area contributed by atoms with E-state index < -0.39 is 11.5 Å². The summed E-state index contributed by atoms with van der Waals surface area (Å²) in [7, 11) is 5.73. The molecule has 23 heavy (non-hydrogen) atoms. The van der Waals surface area contributed by atoms with Gasteiger partial charge in [0.2, 0.25) is 11.8 Å². The topological polar surface area (TPSA) is 52.7 Å². The summed E-state index contributed by atoms with van der Waals surface area (Å²) in [5.74, 6) is -0.221. The van der Waals surface area contributed by atoms with Gasteiger partial charge in [-0.2, -0.15) is 0 Å². The maximum absolute atomic E-state index is 12.4. The molecular weight excluding hydrogens is 290 g/mol. The number of amides is 2. The van der Waals surface area contributed by atoms with Crippen molar-refractivity contribution in [3.63, 3.8) is 0 Å². The van der Waals surface area contributed by atoms with Crippen LogP contribution < -0.4 is 10.2 Å². The van der Waals surface area contributed by atoms with Gasteiger partial charge in [-0.1, -0.05) is 32.9 Å². The van der Waals surface area contributed by atoms with Crippen LogP contribution in [0.4, 0.5) is 5.69 Å². The van der Waals surface area contributed by atoms with E-state index in [0.29, 0.717) is 6.54 Å².